The maximum Gasteiger partial charge on any atom is 0.342 e. The molecule has 2 amide bonds. The Morgan fingerprint density at radius 2 is 2.50 bits per heavy atom. The second kappa shape index (κ2) is 3.87. The van der Waals surface area contributed by atoms with Gasteiger partial charge in [0.05, 0.1) is 18.4 Å². The monoisotopic (exact) mass is 190 g/mol. The van der Waals surface area contributed by atoms with Gasteiger partial charge in [-0.25, -0.2) is 9.80 Å². The molecule has 14 heavy (non-hydrogen) atoms. The van der Waals surface area contributed by atoms with Gasteiger partial charge in [0.2, 0.25) is 0 Å². The van der Waals surface area contributed by atoms with Crippen molar-refractivity contribution in [2.75, 3.05) is 11.9 Å². The predicted octanol–water partition coefficient (Wildman–Crippen LogP) is 1.30. The van der Waals surface area contributed by atoms with Crippen LogP contribution < -0.4 is 5.32 Å². The summed E-state index contributed by atoms with van der Waals surface area (Å²) in [6, 6.07) is 3.33. The number of urea groups is 1. The van der Waals surface area contributed by atoms with Crippen LogP contribution in [0.25, 0.3) is 0 Å². The SMILES string of the molecule is O=C(Nc1cccnc1)N1CCC=N1. The zero-order valence-electron chi connectivity index (χ0n) is 7.55. The molecule has 0 aliphatic carbocycles. The van der Waals surface area contributed by atoms with E-state index in [9.17, 15) is 4.79 Å². The van der Waals surface area contributed by atoms with Crippen LogP contribution in [0, 0.1) is 0 Å². The minimum absolute atomic E-state index is 0.216. The van der Waals surface area contributed by atoms with Gasteiger partial charge in [0.15, 0.2) is 0 Å². The molecule has 5 nitrogen and oxygen atoms in total. The molecule has 1 aliphatic heterocycles. The molecule has 0 unspecified atom stereocenters. The number of carbonyl (C=O) groups is 1. The van der Waals surface area contributed by atoms with E-state index in [2.05, 4.69) is 15.4 Å². The summed E-state index contributed by atoms with van der Waals surface area (Å²) in [7, 11) is 0. The van der Waals surface area contributed by atoms with Crippen molar-refractivity contribution in [1.82, 2.24) is 9.99 Å². The molecule has 0 bridgehead atoms. The van der Waals surface area contributed by atoms with Gasteiger partial charge in [-0.15, -0.1) is 0 Å². The number of pyridine rings is 1. The normalized spacial score (nSPS) is 14.4. The fraction of sp³-hybridized carbons (Fsp3) is 0.222. The highest BCUT2D eigenvalue weighted by Crippen LogP contribution is 2.07. The Labute approximate surface area is 81.4 Å². The van der Waals surface area contributed by atoms with Gasteiger partial charge in [-0.1, -0.05) is 0 Å². The summed E-state index contributed by atoms with van der Waals surface area (Å²) in [5.74, 6) is 0. The van der Waals surface area contributed by atoms with Crippen molar-refractivity contribution >= 4 is 17.9 Å². The molecule has 2 rings (SSSR count). The third kappa shape index (κ3) is 1.87. The molecular weight excluding hydrogens is 180 g/mol. The standard InChI is InChI=1S/C9H10N4O/c14-9(13-6-2-5-11-13)12-8-3-1-4-10-7-8/h1,3-5,7H,2,6H2,(H,12,14). The topological polar surface area (TPSA) is 57.6 Å². The Balaban J connectivity index is 1.98. The Morgan fingerprint density at radius 1 is 1.57 bits per heavy atom. The molecular formula is C9H10N4O. The first-order valence-electron chi connectivity index (χ1n) is 4.37. The summed E-state index contributed by atoms with van der Waals surface area (Å²) in [5, 5.41) is 8.00. The van der Waals surface area contributed by atoms with Gasteiger partial charge in [-0.05, 0) is 12.1 Å². The van der Waals surface area contributed by atoms with Crippen molar-refractivity contribution in [3.8, 4) is 0 Å². The number of hydrogen-bond acceptors (Lipinski definition) is 3. The molecule has 0 saturated carbocycles. The maximum absolute atomic E-state index is 11.5. The first kappa shape index (κ1) is 8.68. The molecule has 0 saturated heterocycles. The summed E-state index contributed by atoms with van der Waals surface area (Å²) < 4.78 is 0. The number of hydrogen-bond donors (Lipinski definition) is 1. The van der Waals surface area contributed by atoms with Crippen molar-refractivity contribution in [2.24, 2.45) is 5.10 Å². The number of nitrogens with zero attached hydrogens (tertiary/aromatic N) is 3. The van der Waals surface area contributed by atoms with Gasteiger partial charge in [-0.2, -0.15) is 5.10 Å². The van der Waals surface area contributed by atoms with E-state index in [-0.39, 0.29) is 6.03 Å². The van der Waals surface area contributed by atoms with Crippen molar-refractivity contribution in [3.05, 3.63) is 24.5 Å². The number of anilines is 1. The maximum atomic E-state index is 11.5. The van der Waals surface area contributed by atoms with Gasteiger partial charge in [0, 0.05) is 18.8 Å². The molecule has 5 heteroatoms. The lowest BCUT2D eigenvalue weighted by Crippen LogP contribution is -2.28. The molecule has 0 spiro atoms. The summed E-state index contributed by atoms with van der Waals surface area (Å²) in [6.07, 6.45) is 5.80. The largest absolute Gasteiger partial charge is 0.342 e. The highest BCUT2D eigenvalue weighted by Gasteiger charge is 2.14. The second-order valence-electron chi connectivity index (χ2n) is 2.88. The number of rotatable bonds is 1. The van der Waals surface area contributed by atoms with E-state index in [4.69, 9.17) is 0 Å². The first-order chi connectivity index (χ1) is 6.86. The van der Waals surface area contributed by atoms with Crippen LogP contribution in [0.5, 0.6) is 0 Å². The molecule has 2 heterocycles. The van der Waals surface area contributed by atoms with E-state index in [0.29, 0.717) is 12.2 Å². The molecule has 1 aliphatic rings. The zero-order valence-corrected chi connectivity index (χ0v) is 7.55. The minimum atomic E-state index is -0.216. The number of aromatic nitrogens is 1. The molecule has 0 aromatic carbocycles. The third-order valence-corrected chi connectivity index (χ3v) is 1.84. The quantitative estimate of drug-likeness (QED) is 0.725. The van der Waals surface area contributed by atoms with E-state index in [0.717, 1.165) is 6.42 Å². The fourth-order valence-corrected chi connectivity index (χ4v) is 1.17. The summed E-state index contributed by atoms with van der Waals surface area (Å²) in [6.45, 7) is 0.645. The fourth-order valence-electron chi connectivity index (χ4n) is 1.17. The van der Waals surface area contributed by atoms with E-state index < -0.39 is 0 Å². The van der Waals surface area contributed by atoms with Gasteiger partial charge < -0.3 is 5.32 Å². The number of amides is 2. The zero-order chi connectivity index (χ0) is 9.80. The highest BCUT2D eigenvalue weighted by atomic mass is 16.2. The lowest BCUT2D eigenvalue weighted by molar-refractivity contribution is 0.219. The Hall–Kier alpha value is -1.91. The number of carbonyl (C=O) groups excluding carboxylic acids is 1. The Morgan fingerprint density at radius 3 is 3.14 bits per heavy atom. The third-order valence-electron chi connectivity index (χ3n) is 1.84. The Bertz CT molecular complexity index is 349. The molecule has 0 fully saturated rings. The average molecular weight is 190 g/mol. The van der Waals surface area contributed by atoms with Crippen molar-refractivity contribution < 1.29 is 4.79 Å². The van der Waals surface area contributed by atoms with E-state index in [1.54, 1.807) is 30.7 Å². The summed E-state index contributed by atoms with van der Waals surface area (Å²) >= 11 is 0. The van der Waals surface area contributed by atoms with Crippen LogP contribution in [-0.2, 0) is 0 Å². The second-order valence-corrected chi connectivity index (χ2v) is 2.88. The van der Waals surface area contributed by atoms with E-state index >= 15 is 0 Å². The van der Waals surface area contributed by atoms with Crippen LogP contribution >= 0.6 is 0 Å². The highest BCUT2D eigenvalue weighted by molar-refractivity contribution is 5.90. The van der Waals surface area contributed by atoms with Gasteiger partial charge in [0.1, 0.15) is 0 Å². The number of nitrogens with one attached hydrogen (secondary N) is 1. The molecule has 1 aromatic heterocycles. The van der Waals surface area contributed by atoms with E-state index in [1.807, 2.05) is 0 Å². The van der Waals surface area contributed by atoms with Crippen molar-refractivity contribution in [2.45, 2.75) is 6.42 Å². The first-order valence-corrected chi connectivity index (χ1v) is 4.37. The van der Waals surface area contributed by atoms with Crippen molar-refractivity contribution in [3.63, 3.8) is 0 Å². The number of hydrazone groups is 1. The smallest absolute Gasteiger partial charge is 0.305 e. The van der Waals surface area contributed by atoms with Crippen LogP contribution in [0.15, 0.2) is 29.6 Å². The molecule has 1 N–H and O–H groups in total. The molecule has 0 radical (unpaired) electrons. The van der Waals surface area contributed by atoms with Gasteiger partial charge in [-0.3, -0.25) is 4.98 Å². The van der Waals surface area contributed by atoms with Crippen LogP contribution in [0.4, 0.5) is 10.5 Å². The minimum Gasteiger partial charge on any atom is -0.305 e. The van der Waals surface area contributed by atoms with Gasteiger partial charge in [0.25, 0.3) is 0 Å². The van der Waals surface area contributed by atoms with Crippen LogP contribution in [0.3, 0.4) is 0 Å². The summed E-state index contributed by atoms with van der Waals surface area (Å²) in [4.78, 5) is 15.4. The predicted molar refractivity (Wildman–Crippen MR) is 53.1 cm³/mol. The molecule has 72 valence electrons. The van der Waals surface area contributed by atoms with Crippen LogP contribution in [-0.4, -0.2) is 28.8 Å². The lowest BCUT2D eigenvalue weighted by Gasteiger charge is -2.12. The molecule has 1 aromatic rings. The van der Waals surface area contributed by atoms with Crippen LogP contribution in [0.1, 0.15) is 6.42 Å². The van der Waals surface area contributed by atoms with E-state index in [1.165, 1.54) is 5.01 Å². The molecule has 0 atom stereocenters. The van der Waals surface area contributed by atoms with Crippen LogP contribution in [0.2, 0.25) is 0 Å². The van der Waals surface area contributed by atoms with Crippen molar-refractivity contribution in [1.29, 1.82) is 0 Å². The lowest BCUT2D eigenvalue weighted by atomic mass is 10.4. The Kier molecular flexibility index (Phi) is 2.40. The summed E-state index contributed by atoms with van der Waals surface area (Å²) in [5.41, 5.74) is 0.680. The average Bonchev–Trinajstić information content (AvgIpc) is 2.72. The van der Waals surface area contributed by atoms with Gasteiger partial charge >= 0.3 is 6.03 Å².